The van der Waals surface area contributed by atoms with Gasteiger partial charge in [0.25, 0.3) is 0 Å². The van der Waals surface area contributed by atoms with Crippen molar-refractivity contribution in [1.29, 1.82) is 0 Å². The third-order valence-corrected chi connectivity index (χ3v) is 5.27. The van der Waals surface area contributed by atoms with Gasteiger partial charge in [-0.2, -0.15) is 0 Å². The minimum atomic E-state index is 0.459. The molecule has 118 valence electrons. The average Bonchev–Trinajstić information content (AvgIpc) is 2.45. The lowest BCUT2D eigenvalue weighted by atomic mass is 10.1. The molecular weight excluding hydrogens is 281 g/mol. The number of likely N-dealkylation sites (N-methyl/N-ethyl adjacent to an activating group) is 1. The summed E-state index contributed by atoms with van der Waals surface area (Å²) in [6, 6.07) is 0.459. The van der Waals surface area contributed by atoms with Crippen molar-refractivity contribution in [3.63, 3.8) is 0 Å². The Bertz CT molecular complexity index is 276. The molecule has 0 saturated heterocycles. The molecule has 0 saturated carbocycles. The molecule has 2 atom stereocenters. The maximum Gasteiger partial charge on any atom is 0.0371 e. The Hall–Kier alpha value is 0.220. The van der Waals surface area contributed by atoms with Gasteiger partial charge in [-0.15, -0.1) is 21.0 Å². The first-order valence-corrected chi connectivity index (χ1v) is 9.79. The van der Waals surface area contributed by atoms with E-state index < -0.39 is 0 Å². The second kappa shape index (κ2) is 14.2. The minimum absolute atomic E-state index is 0.459. The quantitative estimate of drug-likeness (QED) is 0.264. The summed E-state index contributed by atoms with van der Waals surface area (Å²) in [6.07, 6.45) is 8.91. The Balaban J connectivity index is 4.12. The molecule has 0 radical (unpaired) electrons. The summed E-state index contributed by atoms with van der Waals surface area (Å²) in [4.78, 5) is 1.51. The lowest BCUT2D eigenvalue weighted by Crippen LogP contribution is -2.32. The van der Waals surface area contributed by atoms with E-state index in [4.69, 9.17) is 0 Å². The van der Waals surface area contributed by atoms with Crippen LogP contribution in [0, 0.1) is 0 Å². The molecule has 0 aliphatic rings. The summed E-state index contributed by atoms with van der Waals surface area (Å²) in [5.41, 5.74) is 1.36. The third-order valence-electron chi connectivity index (χ3n) is 3.41. The predicted octanol–water partition coefficient (Wildman–Crippen LogP) is 5.74. The fourth-order valence-corrected chi connectivity index (χ4v) is 3.76. The zero-order valence-electron chi connectivity index (χ0n) is 13.7. The summed E-state index contributed by atoms with van der Waals surface area (Å²) >= 11 is 2.00. The molecule has 2 unspecified atom stereocenters. The molecule has 0 spiro atoms. The maximum absolute atomic E-state index is 4.25. The van der Waals surface area contributed by atoms with Crippen LogP contribution in [0.4, 0.5) is 0 Å². The standard InChI is InChI=1S/C17H34NPS/c1-5-8-9-10-12-16(13-19)20-14-17(18-7-3)15(4)11-6-2/h13,17-18H,4-12,14,19H2,1-3H3/b16-13+. The summed E-state index contributed by atoms with van der Waals surface area (Å²) in [7, 11) is 2.77. The van der Waals surface area contributed by atoms with Crippen molar-refractivity contribution >= 4 is 21.0 Å². The molecule has 0 rings (SSSR count). The van der Waals surface area contributed by atoms with Crippen LogP contribution in [0.5, 0.6) is 0 Å². The highest BCUT2D eigenvalue weighted by molar-refractivity contribution is 8.03. The molecule has 0 aliphatic carbocycles. The van der Waals surface area contributed by atoms with Crippen LogP contribution in [0.25, 0.3) is 0 Å². The van der Waals surface area contributed by atoms with Gasteiger partial charge in [0, 0.05) is 11.8 Å². The van der Waals surface area contributed by atoms with Crippen molar-refractivity contribution in [2.45, 2.75) is 71.8 Å². The van der Waals surface area contributed by atoms with Gasteiger partial charge < -0.3 is 5.32 Å². The summed E-state index contributed by atoms with van der Waals surface area (Å²) < 4.78 is 0. The van der Waals surface area contributed by atoms with Crippen LogP contribution >= 0.6 is 21.0 Å². The monoisotopic (exact) mass is 315 g/mol. The smallest absolute Gasteiger partial charge is 0.0371 e. The first-order chi connectivity index (χ1) is 9.69. The Morgan fingerprint density at radius 2 is 1.90 bits per heavy atom. The van der Waals surface area contributed by atoms with E-state index in [1.54, 1.807) is 0 Å². The number of nitrogens with one attached hydrogen (secondary N) is 1. The number of hydrogen-bond acceptors (Lipinski definition) is 2. The zero-order chi connectivity index (χ0) is 15.2. The minimum Gasteiger partial charge on any atom is -0.310 e. The molecular formula is C17H34NPS. The number of allylic oxidation sites excluding steroid dienone is 1. The van der Waals surface area contributed by atoms with E-state index in [-0.39, 0.29) is 0 Å². The van der Waals surface area contributed by atoms with E-state index in [2.05, 4.69) is 47.7 Å². The van der Waals surface area contributed by atoms with E-state index in [0.717, 1.165) is 18.7 Å². The summed E-state index contributed by atoms with van der Waals surface area (Å²) in [5.74, 6) is 3.32. The van der Waals surface area contributed by atoms with Gasteiger partial charge in [-0.1, -0.05) is 64.4 Å². The van der Waals surface area contributed by atoms with Crippen molar-refractivity contribution in [2.24, 2.45) is 0 Å². The van der Waals surface area contributed by atoms with E-state index in [1.165, 1.54) is 49.0 Å². The molecule has 0 fully saturated rings. The van der Waals surface area contributed by atoms with Crippen LogP contribution in [0.1, 0.15) is 65.7 Å². The largest absolute Gasteiger partial charge is 0.310 e. The van der Waals surface area contributed by atoms with Gasteiger partial charge in [-0.25, -0.2) is 0 Å². The first kappa shape index (κ1) is 20.2. The van der Waals surface area contributed by atoms with Gasteiger partial charge in [0.05, 0.1) is 0 Å². The SMILES string of the molecule is C=C(CCC)C(CS/C(=C/P)CCCCCC)NCC. The number of hydrogen-bond donors (Lipinski definition) is 1. The fourth-order valence-electron chi connectivity index (χ4n) is 2.18. The van der Waals surface area contributed by atoms with Crippen LogP contribution in [0.2, 0.25) is 0 Å². The second-order valence-corrected chi connectivity index (χ2v) is 6.75. The molecule has 0 aromatic rings. The fraction of sp³-hybridized carbons (Fsp3) is 0.765. The van der Waals surface area contributed by atoms with Crippen molar-refractivity contribution in [3.05, 3.63) is 22.9 Å². The van der Waals surface area contributed by atoms with Gasteiger partial charge >= 0.3 is 0 Å². The molecule has 0 aliphatic heterocycles. The topological polar surface area (TPSA) is 12.0 Å². The van der Waals surface area contributed by atoms with E-state index in [0.29, 0.717) is 6.04 Å². The van der Waals surface area contributed by atoms with Crippen molar-refractivity contribution in [3.8, 4) is 0 Å². The molecule has 20 heavy (non-hydrogen) atoms. The Labute approximate surface area is 133 Å². The normalized spacial score (nSPS) is 13.5. The molecule has 0 heterocycles. The summed E-state index contributed by atoms with van der Waals surface area (Å²) in [5, 5.41) is 3.57. The highest BCUT2D eigenvalue weighted by Crippen LogP contribution is 2.26. The number of unbranched alkanes of at least 4 members (excludes halogenated alkanes) is 3. The van der Waals surface area contributed by atoms with Gasteiger partial charge in [0.15, 0.2) is 0 Å². The van der Waals surface area contributed by atoms with Crippen LogP contribution in [0.3, 0.4) is 0 Å². The highest BCUT2D eigenvalue weighted by atomic mass is 32.2. The van der Waals surface area contributed by atoms with Crippen LogP contribution in [-0.4, -0.2) is 18.3 Å². The first-order valence-electron chi connectivity index (χ1n) is 8.14. The average molecular weight is 316 g/mol. The van der Waals surface area contributed by atoms with E-state index in [9.17, 15) is 0 Å². The highest BCUT2D eigenvalue weighted by Gasteiger charge is 2.11. The molecule has 0 bridgehead atoms. The van der Waals surface area contributed by atoms with Gasteiger partial charge in [-0.3, -0.25) is 0 Å². The molecule has 1 N–H and O–H groups in total. The van der Waals surface area contributed by atoms with Gasteiger partial charge in [-0.05, 0) is 30.7 Å². The predicted molar refractivity (Wildman–Crippen MR) is 101 cm³/mol. The second-order valence-electron chi connectivity index (χ2n) is 5.27. The number of thioether (sulfide) groups is 1. The lowest BCUT2D eigenvalue weighted by Gasteiger charge is -2.20. The molecule has 0 amide bonds. The van der Waals surface area contributed by atoms with Crippen molar-refractivity contribution in [1.82, 2.24) is 5.32 Å². The van der Waals surface area contributed by atoms with Crippen molar-refractivity contribution in [2.75, 3.05) is 12.3 Å². The molecule has 0 aromatic carbocycles. The van der Waals surface area contributed by atoms with Crippen LogP contribution in [-0.2, 0) is 0 Å². The Morgan fingerprint density at radius 3 is 2.45 bits per heavy atom. The summed E-state index contributed by atoms with van der Waals surface area (Å²) in [6.45, 7) is 11.9. The van der Waals surface area contributed by atoms with E-state index >= 15 is 0 Å². The number of rotatable bonds is 13. The molecule has 0 aromatic heterocycles. The van der Waals surface area contributed by atoms with Gasteiger partial charge in [0.1, 0.15) is 0 Å². The van der Waals surface area contributed by atoms with Crippen LogP contribution < -0.4 is 5.32 Å². The Kier molecular flexibility index (Phi) is 14.3. The van der Waals surface area contributed by atoms with Gasteiger partial charge in [0.2, 0.25) is 0 Å². The molecule has 1 nitrogen and oxygen atoms in total. The third kappa shape index (κ3) is 10.0. The van der Waals surface area contributed by atoms with E-state index in [1.807, 2.05) is 11.8 Å². The van der Waals surface area contributed by atoms with Crippen LogP contribution in [0.15, 0.2) is 22.9 Å². The zero-order valence-corrected chi connectivity index (χ0v) is 15.7. The maximum atomic E-state index is 4.25. The molecule has 3 heteroatoms. The lowest BCUT2D eigenvalue weighted by molar-refractivity contribution is 0.617. The van der Waals surface area contributed by atoms with Crippen molar-refractivity contribution < 1.29 is 0 Å². The Morgan fingerprint density at radius 1 is 1.15 bits per heavy atom.